The smallest absolute Gasteiger partial charge is 0.276 e. The number of carbonyl (C=O) groups excluding carboxylic acids is 2. The van der Waals surface area contributed by atoms with Crippen LogP contribution >= 0.6 is 11.8 Å². The molecular weight excluding hydrogens is 422 g/mol. The SMILES string of the molecule is Cc1cccc(N=C2NNC(=O)C3(S2)C(=O)N(c2ccccc2)N=C3c2ccccc2)c1. The molecule has 5 rings (SSSR count). The molecule has 0 aromatic heterocycles. The maximum atomic E-state index is 13.8. The lowest BCUT2D eigenvalue weighted by Crippen LogP contribution is -2.64. The highest BCUT2D eigenvalue weighted by Gasteiger charge is 2.61. The largest absolute Gasteiger partial charge is 0.280 e. The number of nitrogens with one attached hydrogen (secondary N) is 2. The summed E-state index contributed by atoms with van der Waals surface area (Å²) in [7, 11) is 0. The number of carbonyl (C=O) groups is 2. The summed E-state index contributed by atoms with van der Waals surface area (Å²) >= 11 is 1.06. The van der Waals surface area contributed by atoms with E-state index < -0.39 is 16.6 Å². The zero-order valence-corrected chi connectivity index (χ0v) is 18.0. The quantitative estimate of drug-likeness (QED) is 0.609. The molecule has 8 heteroatoms. The molecule has 1 spiro atoms. The number of aryl methyl sites for hydroxylation is 1. The van der Waals surface area contributed by atoms with Crippen LogP contribution in [0.4, 0.5) is 11.4 Å². The van der Waals surface area contributed by atoms with Crippen LogP contribution in [0.25, 0.3) is 0 Å². The first-order valence-corrected chi connectivity index (χ1v) is 10.8. The molecule has 2 heterocycles. The van der Waals surface area contributed by atoms with Gasteiger partial charge in [-0.3, -0.25) is 20.4 Å². The molecule has 3 aromatic carbocycles. The maximum absolute atomic E-state index is 13.8. The monoisotopic (exact) mass is 441 g/mol. The second-order valence-electron chi connectivity index (χ2n) is 7.39. The number of benzene rings is 3. The van der Waals surface area contributed by atoms with Crippen LogP contribution in [0, 0.1) is 6.92 Å². The molecule has 1 fully saturated rings. The number of amidine groups is 1. The zero-order valence-electron chi connectivity index (χ0n) is 17.1. The van der Waals surface area contributed by atoms with Crippen LogP contribution in [0.15, 0.2) is 95.0 Å². The zero-order chi connectivity index (χ0) is 22.1. The number of para-hydroxylation sites is 1. The number of thioether (sulfide) groups is 1. The van der Waals surface area contributed by atoms with Gasteiger partial charge >= 0.3 is 0 Å². The summed E-state index contributed by atoms with van der Waals surface area (Å²) in [6.45, 7) is 1.98. The average Bonchev–Trinajstić information content (AvgIpc) is 3.10. The summed E-state index contributed by atoms with van der Waals surface area (Å²) in [5, 5.41) is 6.33. The van der Waals surface area contributed by atoms with Gasteiger partial charge in [0.05, 0.1) is 11.4 Å². The molecule has 1 saturated heterocycles. The molecule has 0 radical (unpaired) electrons. The third kappa shape index (κ3) is 3.34. The van der Waals surface area contributed by atoms with Crippen LogP contribution in [0.1, 0.15) is 11.1 Å². The Morgan fingerprint density at radius 1 is 0.906 bits per heavy atom. The van der Waals surface area contributed by atoms with Gasteiger partial charge in [-0.05, 0) is 36.8 Å². The van der Waals surface area contributed by atoms with E-state index in [0.717, 1.165) is 23.0 Å². The fourth-order valence-corrected chi connectivity index (χ4v) is 4.76. The van der Waals surface area contributed by atoms with Gasteiger partial charge in [0.15, 0.2) is 5.17 Å². The summed E-state index contributed by atoms with van der Waals surface area (Å²) in [4.78, 5) is 31.7. The van der Waals surface area contributed by atoms with E-state index in [4.69, 9.17) is 0 Å². The molecule has 32 heavy (non-hydrogen) atoms. The summed E-state index contributed by atoms with van der Waals surface area (Å²) in [6, 6.07) is 26.0. The van der Waals surface area contributed by atoms with Crippen molar-refractivity contribution in [2.75, 3.05) is 5.01 Å². The number of nitrogens with zero attached hydrogens (tertiary/aromatic N) is 3. The van der Waals surface area contributed by atoms with Crippen LogP contribution < -0.4 is 15.9 Å². The van der Waals surface area contributed by atoms with Crippen molar-refractivity contribution in [3.63, 3.8) is 0 Å². The fourth-order valence-electron chi connectivity index (χ4n) is 3.64. The highest BCUT2D eigenvalue weighted by atomic mass is 32.2. The highest BCUT2D eigenvalue weighted by Crippen LogP contribution is 2.41. The molecular formula is C24H19N5O2S. The average molecular weight is 442 g/mol. The molecule has 2 aliphatic rings. The second kappa shape index (κ2) is 7.97. The molecule has 3 aromatic rings. The van der Waals surface area contributed by atoms with E-state index in [0.29, 0.717) is 22.1 Å². The molecule has 2 N–H and O–H groups in total. The lowest BCUT2D eigenvalue weighted by molar-refractivity contribution is -0.129. The minimum atomic E-state index is -1.61. The Kier molecular flexibility index (Phi) is 4.99. The van der Waals surface area contributed by atoms with Crippen molar-refractivity contribution < 1.29 is 9.59 Å². The number of hydrazine groups is 1. The molecule has 1 atom stereocenters. The Morgan fingerprint density at radius 2 is 1.62 bits per heavy atom. The first-order chi connectivity index (χ1) is 15.6. The molecule has 0 bridgehead atoms. The van der Waals surface area contributed by atoms with Gasteiger partial charge in [0.2, 0.25) is 4.75 Å². The Morgan fingerprint density at radius 3 is 2.34 bits per heavy atom. The maximum Gasteiger partial charge on any atom is 0.280 e. The van der Waals surface area contributed by atoms with Gasteiger partial charge in [-0.25, -0.2) is 4.99 Å². The predicted molar refractivity (Wildman–Crippen MR) is 127 cm³/mol. The summed E-state index contributed by atoms with van der Waals surface area (Å²) < 4.78 is -1.61. The normalized spacial score (nSPS) is 21.5. The third-order valence-electron chi connectivity index (χ3n) is 5.16. The number of hydrazone groups is 1. The summed E-state index contributed by atoms with van der Waals surface area (Å²) in [5.41, 5.74) is 8.89. The standard InChI is InChI=1S/C24H19N5O2S/c1-16-9-8-12-18(15-16)25-23-27-26-21(30)24(32-23)20(17-10-4-2-5-11-17)28-29(22(24)31)19-13-6-3-7-14-19/h2-15H,1H3,(H,25,27)(H,26,30). The van der Waals surface area contributed by atoms with Crippen molar-refractivity contribution in [3.05, 3.63) is 96.1 Å². The Bertz CT molecular complexity index is 1260. The lowest BCUT2D eigenvalue weighted by atomic mass is 9.95. The van der Waals surface area contributed by atoms with E-state index in [2.05, 4.69) is 20.9 Å². The lowest BCUT2D eigenvalue weighted by Gasteiger charge is -2.32. The van der Waals surface area contributed by atoms with Crippen LogP contribution in [-0.2, 0) is 9.59 Å². The van der Waals surface area contributed by atoms with Crippen LogP contribution in [0.3, 0.4) is 0 Å². The predicted octanol–water partition coefficient (Wildman–Crippen LogP) is 3.54. The van der Waals surface area contributed by atoms with E-state index in [-0.39, 0.29) is 0 Å². The number of aliphatic imine (C=N–C) groups is 1. The number of hydrogen-bond donors (Lipinski definition) is 2. The van der Waals surface area contributed by atoms with E-state index >= 15 is 0 Å². The van der Waals surface area contributed by atoms with Crippen molar-refractivity contribution in [2.24, 2.45) is 10.1 Å². The van der Waals surface area contributed by atoms with E-state index in [1.165, 1.54) is 5.01 Å². The van der Waals surface area contributed by atoms with Gasteiger partial charge in [-0.15, -0.1) is 0 Å². The van der Waals surface area contributed by atoms with Crippen molar-refractivity contribution in [1.82, 2.24) is 10.9 Å². The highest BCUT2D eigenvalue weighted by molar-refractivity contribution is 8.17. The van der Waals surface area contributed by atoms with Gasteiger partial charge in [-0.2, -0.15) is 10.1 Å². The summed E-state index contributed by atoms with van der Waals surface area (Å²) in [6.07, 6.45) is 0. The molecule has 0 aliphatic carbocycles. The van der Waals surface area contributed by atoms with Gasteiger partial charge in [0.1, 0.15) is 5.71 Å². The fraction of sp³-hybridized carbons (Fsp3) is 0.0833. The van der Waals surface area contributed by atoms with Crippen molar-refractivity contribution in [1.29, 1.82) is 0 Å². The Balaban J connectivity index is 1.63. The first kappa shape index (κ1) is 20.0. The number of hydrogen-bond acceptors (Lipinski definition) is 5. The van der Waals surface area contributed by atoms with Crippen molar-refractivity contribution in [3.8, 4) is 0 Å². The van der Waals surface area contributed by atoms with E-state index in [1.807, 2.05) is 79.7 Å². The van der Waals surface area contributed by atoms with Crippen LogP contribution in [0.5, 0.6) is 0 Å². The topological polar surface area (TPSA) is 86.2 Å². The second-order valence-corrected chi connectivity index (χ2v) is 8.59. The molecule has 2 amide bonds. The molecule has 158 valence electrons. The Hall–Kier alpha value is -3.91. The minimum absolute atomic E-state index is 0.368. The number of rotatable bonds is 3. The first-order valence-electron chi connectivity index (χ1n) is 10.0. The minimum Gasteiger partial charge on any atom is -0.276 e. The van der Waals surface area contributed by atoms with Crippen LogP contribution in [0.2, 0.25) is 0 Å². The van der Waals surface area contributed by atoms with Gasteiger partial charge in [-0.1, -0.05) is 72.4 Å². The van der Waals surface area contributed by atoms with Gasteiger partial charge < -0.3 is 0 Å². The third-order valence-corrected chi connectivity index (χ3v) is 6.41. The molecule has 0 saturated carbocycles. The molecule has 2 aliphatic heterocycles. The Labute approximate surface area is 189 Å². The van der Waals surface area contributed by atoms with Crippen molar-refractivity contribution >= 4 is 45.8 Å². The van der Waals surface area contributed by atoms with Gasteiger partial charge in [0.25, 0.3) is 11.8 Å². The van der Waals surface area contributed by atoms with Crippen LogP contribution in [-0.4, -0.2) is 27.4 Å². The molecule has 1 unspecified atom stereocenters. The summed E-state index contributed by atoms with van der Waals surface area (Å²) in [5.74, 6) is -0.930. The number of amides is 2. The van der Waals surface area contributed by atoms with E-state index in [9.17, 15) is 9.59 Å². The number of anilines is 1. The van der Waals surface area contributed by atoms with Crippen molar-refractivity contribution in [2.45, 2.75) is 11.7 Å². The van der Waals surface area contributed by atoms with Gasteiger partial charge in [0, 0.05) is 5.56 Å². The molecule has 7 nitrogen and oxygen atoms in total. The van der Waals surface area contributed by atoms with E-state index in [1.54, 1.807) is 12.1 Å².